The summed E-state index contributed by atoms with van der Waals surface area (Å²) in [4.78, 5) is 13.4. The molecule has 0 spiro atoms. The van der Waals surface area contributed by atoms with Gasteiger partial charge < -0.3 is 19.8 Å². The number of anilines is 2. The molecular weight excluding hydrogens is 376 g/mol. The van der Waals surface area contributed by atoms with E-state index in [1.165, 1.54) is 0 Å². The number of nitrogens with one attached hydrogen (secondary N) is 2. The third-order valence-electron chi connectivity index (χ3n) is 5.94. The topological polar surface area (TPSA) is 63.5 Å². The summed E-state index contributed by atoms with van der Waals surface area (Å²) in [6, 6.07) is 19.6. The van der Waals surface area contributed by atoms with Crippen LogP contribution in [0.4, 0.5) is 11.4 Å². The lowest BCUT2D eigenvalue weighted by Crippen LogP contribution is -2.26. The number of carbonyl (C=O) groups excluding carboxylic acids is 1. The van der Waals surface area contributed by atoms with Crippen LogP contribution in [0.5, 0.6) is 5.75 Å². The van der Waals surface area contributed by atoms with Gasteiger partial charge in [-0.1, -0.05) is 24.3 Å². The van der Waals surface area contributed by atoms with Crippen molar-refractivity contribution in [1.29, 1.82) is 0 Å². The molecule has 5 nitrogen and oxygen atoms in total. The van der Waals surface area contributed by atoms with Gasteiger partial charge in [0.15, 0.2) is 5.78 Å². The first-order valence-electron chi connectivity index (χ1n) is 10.2. The van der Waals surface area contributed by atoms with E-state index in [4.69, 9.17) is 9.15 Å². The molecule has 1 aliphatic heterocycles. The van der Waals surface area contributed by atoms with Crippen LogP contribution in [-0.2, 0) is 4.79 Å². The Labute approximate surface area is 175 Å². The summed E-state index contributed by atoms with van der Waals surface area (Å²) in [5.41, 5.74) is 4.81. The summed E-state index contributed by atoms with van der Waals surface area (Å²) in [5, 5.41) is 7.09. The average molecular weight is 400 g/mol. The molecule has 5 rings (SSSR count). The van der Waals surface area contributed by atoms with Gasteiger partial charge in [-0.3, -0.25) is 4.79 Å². The minimum absolute atomic E-state index is 0.124. The highest BCUT2D eigenvalue weighted by Gasteiger charge is 2.37. The maximum Gasteiger partial charge on any atom is 0.163 e. The van der Waals surface area contributed by atoms with Crippen molar-refractivity contribution in [2.75, 3.05) is 17.7 Å². The standard InChI is InChI=1S/C25H24N2O3/c1-15-7-12-23(30-15)25-24-21(26-19-5-3-4-6-20(19)27-25)13-17(14-22(24)28)16-8-10-18(29-2)11-9-16/h3-12,17,25-27H,13-14H2,1-2H3/t17-,25+/m1/s1. The number of hydrogen-bond donors (Lipinski definition) is 2. The van der Waals surface area contributed by atoms with Crippen molar-refractivity contribution in [3.63, 3.8) is 0 Å². The number of ether oxygens (including phenoxy) is 1. The fourth-order valence-electron chi connectivity index (χ4n) is 4.43. The van der Waals surface area contributed by atoms with Crippen LogP contribution in [0.1, 0.15) is 41.9 Å². The van der Waals surface area contributed by atoms with E-state index in [0.717, 1.165) is 51.9 Å². The van der Waals surface area contributed by atoms with Crippen LogP contribution in [0, 0.1) is 6.92 Å². The number of rotatable bonds is 3. The number of allylic oxidation sites excluding steroid dienone is 1. The molecule has 0 saturated heterocycles. The molecule has 2 aromatic carbocycles. The zero-order valence-corrected chi connectivity index (χ0v) is 17.1. The lowest BCUT2D eigenvalue weighted by Gasteiger charge is -2.29. The van der Waals surface area contributed by atoms with Crippen LogP contribution in [-0.4, -0.2) is 12.9 Å². The predicted molar refractivity (Wildman–Crippen MR) is 117 cm³/mol. The smallest absolute Gasteiger partial charge is 0.163 e. The number of carbonyl (C=O) groups is 1. The van der Waals surface area contributed by atoms with Crippen LogP contribution in [0.25, 0.3) is 0 Å². The normalized spacial score (nSPS) is 20.5. The number of para-hydroxylation sites is 2. The SMILES string of the molecule is COc1ccc([C@H]2CC(=O)C3=C(C2)Nc2ccccc2N[C@H]3c2ccc(C)o2)cc1. The number of fused-ring (bicyclic) bond motifs is 1. The van der Waals surface area contributed by atoms with E-state index < -0.39 is 0 Å². The average Bonchev–Trinajstić information content (AvgIpc) is 3.11. The Morgan fingerprint density at radius 1 is 0.967 bits per heavy atom. The van der Waals surface area contributed by atoms with Crippen molar-refractivity contribution in [3.05, 3.63) is 89.0 Å². The molecule has 152 valence electrons. The van der Waals surface area contributed by atoms with Crippen molar-refractivity contribution in [2.24, 2.45) is 0 Å². The molecule has 1 aromatic heterocycles. The lowest BCUT2D eigenvalue weighted by molar-refractivity contribution is -0.116. The Balaban J connectivity index is 1.57. The van der Waals surface area contributed by atoms with Crippen molar-refractivity contribution < 1.29 is 13.9 Å². The van der Waals surface area contributed by atoms with Gasteiger partial charge >= 0.3 is 0 Å². The number of furan rings is 1. The molecule has 2 atom stereocenters. The Hall–Kier alpha value is -3.47. The van der Waals surface area contributed by atoms with Crippen LogP contribution < -0.4 is 15.4 Å². The maximum absolute atomic E-state index is 13.4. The molecule has 5 heteroatoms. The number of benzene rings is 2. The minimum Gasteiger partial charge on any atom is -0.497 e. The molecule has 0 radical (unpaired) electrons. The van der Waals surface area contributed by atoms with Crippen molar-refractivity contribution in [2.45, 2.75) is 31.7 Å². The lowest BCUT2D eigenvalue weighted by atomic mass is 9.79. The molecule has 1 aliphatic carbocycles. The van der Waals surface area contributed by atoms with E-state index in [1.54, 1.807) is 7.11 Å². The van der Waals surface area contributed by atoms with Crippen LogP contribution >= 0.6 is 0 Å². The summed E-state index contributed by atoms with van der Waals surface area (Å²) in [7, 11) is 1.66. The van der Waals surface area contributed by atoms with Crippen molar-refractivity contribution in [3.8, 4) is 5.75 Å². The second kappa shape index (κ2) is 7.41. The van der Waals surface area contributed by atoms with E-state index in [2.05, 4.69) is 22.8 Å². The molecule has 0 bridgehead atoms. The number of Topliss-reactive ketones (excluding diaryl/α,β-unsaturated/α-hetero) is 1. The van der Waals surface area contributed by atoms with Gasteiger partial charge in [-0.05, 0) is 61.2 Å². The fourth-order valence-corrected chi connectivity index (χ4v) is 4.43. The van der Waals surface area contributed by atoms with E-state index in [9.17, 15) is 4.79 Å². The summed E-state index contributed by atoms with van der Waals surface area (Å²) < 4.78 is 11.2. The van der Waals surface area contributed by atoms with Gasteiger partial charge in [0, 0.05) is 17.7 Å². The van der Waals surface area contributed by atoms with Crippen LogP contribution in [0.3, 0.4) is 0 Å². The molecule has 30 heavy (non-hydrogen) atoms. The zero-order chi connectivity index (χ0) is 20.7. The van der Waals surface area contributed by atoms with Crippen LogP contribution in [0.15, 0.2) is 76.4 Å². The summed E-state index contributed by atoms with van der Waals surface area (Å²) in [6.07, 6.45) is 1.24. The van der Waals surface area contributed by atoms with Gasteiger partial charge in [-0.15, -0.1) is 0 Å². The quantitative estimate of drug-likeness (QED) is 0.601. The second-order valence-corrected chi connectivity index (χ2v) is 7.89. The Morgan fingerprint density at radius 3 is 2.43 bits per heavy atom. The summed E-state index contributed by atoms with van der Waals surface area (Å²) in [5.74, 6) is 2.68. The highest BCUT2D eigenvalue weighted by molar-refractivity contribution is 6.01. The van der Waals surface area contributed by atoms with Crippen molar-refractivity contribution in [1.82, 2.24) is 0 Å². The minimum atomic E-state index is -0.311. The Bertz CT molecular complexity index is 1130. The third-order valence-corrected chi connectivity index (χ3v) is 5.94. The molecule has 2 heterocycles. The first-order chi connectivity index (χ1) is 14.6. The molecule has 0 unspecified atom stereocenters. The van der Waals surface area contributed by atoms with Crippen LogP contribution in [0.2, 0.25) is 0 Å². The van der Waals surface area contributed by atoms with E-state index in [0.29, 0.717) is 6.42 Å². The first kappa shape index (κ1) is 18.6. The van der Waals surface area contributed by atoms with Crippen molar-refractivity contribution >= 4 is 17.2 Å². The molecule has 0 amide bonds. The molecule has 0 fully saturated rings. The zero-order valence-electron chi connectivity index (χ0n) is 17.1. The maximum atomic E-state index is 13.4. The van der Waals surface area contributed by atoms with Gasteiger partial charge in [-0.2, -0.15) is 0 Å². The largest absolute Gasteiger partial charge is 0.497 e. The summed E-state index contributed by atoms with van der Waals surface area (Å²) in [6.45, 7) is 1.92. The summed E-state index contributed by atoms with van der Waals surface area (Å²) >= 11 is 0. The van der Waals surface area contributed by atoms with E-state index in [-0.39, 0.29) is 17.7 Å². The number of aryl methyl sites for hydroxylation is 1. The predicted octanol–water partition coefficient (Wildman–Crippen LogP) is 5.58. The second-order valence-electron chi connectivity index (χ2n) is 7.89. The fraction of sp³-hybridized carbons (Fsp3) is 0.240. The molecule has 3 aromatic rings. The molecular formula is C25H24N2O3. The van der Waals surface area contributed by atoms with Gasteiger partial charge in [0.05, 0.1) is 18.5 Å². The highest BCUT2D eigenvalue weighted by Crippen LogP contribution is 2.44. The monoisotopic (exact) mass is 400 g/mol. The van der Waals surface area contributed by atoms with E-state index >= 15 is 0 Å². The molecule has 2 N–H and O–H groups in total. The van der Waals surface area contributed by atoms with Gasteiger partial charge in [0.1, 0.15) is 23.3 Å². The first-order valence-corrected chi connectivity index (χ1v) is 10.2. The van der Waals surface area contributed by atoms with Gasteiger partial charge in [0.2, 0.25) is 0 Å². The number of ketones is 1. The van der Waals surface area contributed by atoms with Gasteiger partial charge in [-0.25, -0.2) is 0 Å². The molecule has 0 saturated carbocycles. The highest BCUT2D eigenvalue weighted by atomic mass is 16.5. The third kappa shape index (κ3) is 3.26. The number of methoxy groups -OCH3 is 1. The Kier molecular flexibility index (Phi) is 4.58. The van der Waals surface area contributed by atoms with Gasteiger partial charge in [0.25, 0.3) is 0 Å². The number of hydrogen-bond acceptors (Lipinski definition) is 5. The van der Waals surface area contributed by atoms with E-state index in [1.807, 2.05) is 55.5 Å². The molecule has 2 aliphatic rings. The Morgan fingerprint density at radius 2 is 1.73 bits per heavy atom.